The summed E-state index contributed by atoms with van der Waals surface area (Å²) in [5.41, 5.74) is 2.97. The predicted octanol–water partition coefficient (Wildman–Crippen LogP) is 5.13. The summed E-state index contributed by atoms with van der Waals surface area (Å²) in [6, 6.07) is 6.12. The number of aryl methyl sites for hydroxylation is 1. The average Bonchev–Trinajstić information content (AvgIpc) is 2.76. The van der Waals surface area contributed by atoms with Crippen LogP contribution in [-0.2, 0) is 6.54 Å². The number of aromatic nitrogens is 1. The van der Waals surface area contributed by atoms with Crippen LogP contribution in [0.5, 0.6) is 5.75 Å². The van der Waals surface area contributed by atoms with E-state index in [1.54, 1.807) is 0 Å². The van der Waals surface area contributed by atoms with Gasteiger partial charge in [-0.2, -0.15) is 0 Å². The number of ether oxygens (including phenoxy) is 1. The summed E-state index contributed by atoms with van der Waals surface area (Å²) in [5, 5.41) is 1.00. The number of hydrogen-bond acceptors (Lipinski definition) is 2. The highest BCUT2D eigenvalue weighted by Gasteiger charge is 2.14. The van der Waals surface area contributed by atoms with Gasteiger partial charge in [-0.05, 0) is 44.9 Å². The summed E-state index contributed by atoms with van der Waals surface area (Å²) in [4.78, 5) is 11.5. The highest BCUT2D eigenvalue weighted by molar-refractivity contribution is 6.00. The summed E-state index contributed by atoms with van der Waals surface area (Å²) in [6.07, 6.45) is 5.58. The van der Waals surface area contributed by atoms with Gasteiger partial charge >= 0.3 is 0 Å². The SMILES string of the molecule is CCCCn1c(C)c(C=O)c2cc(O[C@H](C)CCC)ccc21. The Morgan fingerprint density at radius 1 is 1.27 bits per heavy atom. The van der Waals surface area contributed by atoms with Crippen molar-refractivity contribution in [3.8, 4) is 5.75 Å². The zero-order valence-electron chi connectivity index (χ0n) is 14.2. The van der Waals surface area contributed by atoms with E-state index in [4.69, 9.17) is 4.74 Å². The van der Waals surface area contributed by atoms with Gasteiger partial charge in [0, 0.05) is 28.7 Å². The maximum absolute atomic E-state index is 11.5. The predicted molar refractivity (Wildman–Crippen MR) is 92.0 cm³/mol. The van der Waals surface area contributed by atoms with E-state index in [9.17, 15) is 4.79 Å². The molecular formula is C19H27NO2. The molecule has 0 spiro atoms. The number of rotatable bonds is 8. The molecule has 0 aliphatic heterocycles. The Bertz CT molecular complexity index is 642. The number of benzene rings is 1. The number of fused-ring (bicyclic) bond motifs is 1. The molecule has 120 valence electrons. The first-order valence-corrected chi connectivity index (χ1v) is 8.37. The van der Waals surface area contributed by atoms with Crippen molar-refractivity contribution >= 4 is 17.2 Å². The normalized spacial score (nSPS) is 12.5. The van der Waals surface area contributed by atoms with Gasteiger partial charge in [-0.25, -0.2) is 0 Å². The molecule has 1 heterocycles. The van der Waals surface area contributed by atoms with Crippen LogP contribution in [0.1, 0.15) is 62.5 Å². The highest BCUT2D eigenvalue weighted by atomic mass is 16.5. The van der Waals surface area contributed by atoms with E-state index in [1.807, 2.05) is 19.1 Å². The molecule has 0 amide bonds. The fraction of sp³-hybridized carbons (Fsp3) is 0.526. The van der Waals surface area contributed by atoms with Gasteiger partial charge in [0.15, 0.2) is 6.29 Å². The van der Waals surface area contributed by atoms with Gasteiger partial charge in [0.05, 0.1) is 6.10 Å². The molecule has 1 aromatic carbocycles. The van der Waals surface area contributed by atoms with E-state index in [1.165, 1.54) is 0 Å². The second-order valence-corrected chi connectivity index (χ2v) is 6.02. The third-order valence-electron chi connectivity index (χ3n) is 4.23. The summed E-state index contributed by atoms with van der Waals surface area (Å²) in [6.45, 7) is 9.41. The van der Waals surface area contributed by atoms with E-state index < -0.39 is 0 Å². The summed E-state index contributed by atoms with van der Waals surface area (Å²) < 4.78 is 8.22. The molecule has 0 N–H and O–H groups in total. The van der Waals surface area contributed by atoms with Crippen LogP contribution in [0.15, 0.2) is 18.2 Å². The molecular weight excluding hydrogens is 274 g/mol. The third kappa shape index (κ3) is 3.34. The van der Waals surface area contributed by atoms with E-state index in [-0.39, 0.29) is 6.10 Å². The van der Waals surface area contributed by atoms with Crippen LogP contribution >= 0.6 is 0 Å². The minimum absolute atomic E-state index is 0.199. The van der Waals surface area contributed by atoms with Crippen LogP contribution < -0.4 is 4.74 Å². The van der Waals surface area contributed by atoms with Crippen LogP contribution in [0.3, 0.4) is 0 Å². The molecule has 3 heteroatoms. The monoisotopic (exact) mass is 301 g/mol. The van der Waals surface area contributed by atoms with E-state index in [0.29, 0.717) is 0 Å². The van der Waals surface area contributed by atoms with Crippen LogP contribution in [0.25, 0.3) is 10.9 Å². The van der Waals surface area contributed by atoms with Crippen LogP contribution in [0.4, 0.5) is 0 Å². The van der Waals surface area contributed by atoms with E-state index in [2.05, 4.69) is 31.4 Å². The standard InChI is InChI=1S/C19H27NO2/c1-5-7-11-20-15(4)18(13-21)17-12-16(9-10-19(17)20)22-14(3)8-6-2/h9-10,12-14H,5-8,11H2,1-4H3/t14-/m1/s1. The molecule has 0 aliphatic carbocycles. The summed E-state index contributed by atoms with van der Waals surface area (Å²) in [7, 11) is 0. The Kier molecular flexibility index (Phi) is 5.64. The van der Waals surface area contributed by atoms with Crippen molar-refractivity contribution in [2.24, 2.45) is 0 Å². The van der Waals surface area contributed by atoms with Crippen LogP contribution in [0.2, 0.25) is 0 Å². The van der Waals surface area contributed by atoms with Crippen LogP contribution in [-0.4, -0.2) is 17.0 Å². The van der Waals surface area contributed by atoms with Gasteiger partial charge in [0.25, 0.3) is 0 Å². The largest absolute Gasteiger partial charge is 0.491 e. The van der Waals surface area contributed by atoms with Crippen molar-refractivity contribution in [3.63, 3.8) is 0 Å². The maximum Gasteiger partial charge on any atom is 0.152 e. The van der Waals surface area contributed by atoms with Gasteiger partial charge in [0.1, 0.15) is 5.75 Å². The van der Waals surface area contributed by atoms with Gasteiger partial charge in [0.2, 0.25) is 0 Å². The van der Waals surface area contributed by atoms with Crippen molar-refractivity contribution in [2.75, 3.05) is 0 Å². The van der Waals surface area contributed by atoms with Crippen molar-refractivity contribution < 1.29 is 9.53 Å². The molecule has 0 bridgehead atoms. The Morgan fingerprint density at radius 2 is 2.05 bits per heavy atom. The molecule has 0 radical (unpaired) electrons. The van der Waals surface area contributed by atoms with E-state index >= 15 is 0 Å². The number of nitrogens with zero attached hydrogens (tertiary/aromatic N) is 1. The molecule has 0 saturated carbocycles. The Morgan fingerprint density at radius 3 is 2.68 bits per heavy atom. The molecule has 1 atom stereocenters. The van der Waals surface area contributed by atoms with Gasteiger partial charge in [-0.15, -0.1) is 0 Å². The second-order valence-electron chi connectivity index (χ2n) is 6.02. The minimum Gasteiger partial charge on any atom is -0.491 e. The number of carbonyl (C=O) groups is 1. The van der Waals surface area contributed by atoms with Gasteiger partial charge in [-0.1, -0.05) is 26.7 Å². The first kappa shape index (κ1) is 16.6. The minimum atomic E-state index is 0.199. The molecule has 2 aromatic rings. The lowest BCUT2D eigenvalue weighted by Gasteiger charge is -2.14. The number of hydrogen-bond donors (Lipinski definition) is 0. The number of unbranched alkanes of at least 4 members (excludes halogenated alkanes) is 1. The molecule has 1 aromatic heterocycles. The molecule has 22 heavy (non-hydrogen) atoms. The molecule has 0 unspecified atom stereocenters. The first-order valence-electron chi connectivity index (χ1n) is 8.37. The Labute approximate surface area is 133 Å². The lowest BCUT2D eigenvalue weighted by atomic mass is 10.1. The highest BCUT2D eigenvalue weighted by Crippen LogP contribution is 2.29. The fourth-order valence-electron chi connectivity index (χ4n) is 3.01. The van der Waals surface area contributed by atoms with E-state index in [0.717, 1.165) is 66.4 Å². The number of carbonyl (C=O) groups excluding carboxylic acids is 1. The van der Waals surface area contributed by atoms with Crippen molar-refractivity contribution in [2.45, 2.75) is 66.0 Å². The third-order valence-corrected chi connectivity index (χ3v) is 4.23. The van der Waals surface area contributed by atoms with Gasteiger partial charge in [-0.3, -0.25) is 4.79 Å². The average molecular weight is 301 g/mol. The summed E-state index contributed by atoms with van der Waals surface area (Å²) >= 11 is 0. The van der Waals surface area contributed by atoms with Crippen LogP contribution in [0, 0.1) is 6.92 Å². The quantitative estimate of drug-likeness (QED) is 0.633. The first-order chi connectivity index (χ1) is 10.6. The molecule has 0 aliphatic rings. The molecule has 3 nitrogen and oxygen atoms in total. The van der Waals surface area contributed by atoms with Gasteiger partial charge < -0.3 is 9.30 Å². The topological polar surface area (TPSA) is 31.2 Å². The Hall–Kier alpha value is -1.77. The molecule has 0 saturated heterocycles. The zero-order chi connectivity index (χ0) is 16.1. The number of aldehydes is 1. The lowest BCUT2D eigenvalue weighted by molar-refractivity contribution is 0.112. The summed E-state index contributed by atoms with van der Waals surface area (Å²) in [5.74, 6) is 0.851. The van der Waals surface area contributed by atoms with Crippen molar-refractivity contribution in [1.29, 1.82) is 0 Å². The van der Waals surface area contributed by atoms with Crippen molar-refractivity contribution in [1.82, 2.24) is 4.57 Å². The maximum atomic E-state index is 11.5. The second kappa shape index (κ2) is 7.48. The molecule has 2 rings (SSSR count). The zero-order valence-corrected chi connectivity index (χ0v) is 14.2. The smallest absolute Gasteiger partial charge is 0.152 e. The van der Waals surface area contributed by atoms with Crippen molar-refractivity contribution in [3.05, 3.63) is 29.5 Å². The lowest BCUT2D eigenvalue weighted by Crippen LogP contribution is -2.10. The Balaban J connectivity index is 2.41. The molecule has 0 fully saturated rings. The fourth-order valence-corrected chi connectivity index (χ4v) is 3.01.